The van der Waals surface area contributed by atoms with Gasteiger partial charge in [-0.1, -0.05) is 6.07 Å². The lowest BCUT2D eigenvalue weighted by Crippen LogP contribution is -2.67. The Morgan fingerprint density at radius 2 is 2.03 bits per heavy atom. The number of H-pyrrole nitrogens is 1. The average Bonchev–Trinajstić information content (AvgIpc) is 3.36. The van der Waals surface area contributed by atoms with Crippen LogP contribution in [0, 0.1) is 0 Å². The van der Waals surface area contributed by atoms with Crippen LogP contribution >= 0.6 is 0 Å². The first-order valence-corrected chi connectivity index (χ1v) is 10.5. The molecule has 3 aliphatic rings. The fourth-order valence-corrected chi connectivity index (χ4v) is 4.33. The molecule has 1 spiro atoms. The predicted molar refractivity (Wildman–Crippen MR) is 107 cm³/mol. The molecule has 2 fully saturated rings. The van der Waals surface area contributed by atoms with Gasteiger partial charge in [0.25, 0.3) is 5.91 Å². The van der Waals surface area contributed by atoms with Gasteiger partial charge in [-0.15, -0.1) is 0 Å². The number of carbonyl (C=O) groups is 2. The molecule has 2 aliphatic heterocycles. The van der Waals surface area contributed by atoms with E-state index in [1.807, 2.05) is 23.1 Å². The van der Waals surface area contributed by atoms with Gasteiger partial charge in [0.15, 0.2) is 5.69 Å². The van der Waals surface area contributed by atoms with E-state index in [1.54, 1.807) is 6.20 Å². The number of pyridine rings is 1. The number of likely N-dealkylation sites (tertiary alicyclic amines) is 1. The molecule has 1 aliphatic carbocycles. The smallest absolute Gasteiger partial charge is 0.475 e. The summed E-state index contributed by atoms with van der Waals surface area (Å²) < 4.78 is 43.8. The number of carboxylic acid groups (broad SMARTS) is 1. The molecule has 4 heterocycles. The third-order valence-corrected chi connectivity index (χ3v) is 5.87. The van der Waals surface area contributed by atoms with E-state index in [9.17, 15) is 18.0 Å². The van der Waals surface area contributed by atoms with Gasteiger partial charge in [0.05, 0.1) is 19.7 Å². The lowest BCUT2D eigenvalue weighted by atomic mass is 9.84. The molecule has 2 saturated heterocycles. The zero-order valence-electron chi connectivity index (χ0n) is 17.6. The van der Waals surface area contributed by atoms with Crippen LogP contribution in [0.2, 0.25) is 0 Å². The molecule has 0 radical (unpaired) electrons. The maximum absolute atomic E-state index is 12.8. The number of aromatic amines is 1. The second kappa shape index (κ2) is 9.00. The van der Waals surface area contributed by atoms with E-state index in [0.29, 0.717) is 31.3 Å². The Morgan fingerprint density at radius 1 is 1.27 bits per heavy atom. The quantitative estimate of drug-likeness (QED) is 0.710. The first kappa shape index (κ1) is 23.0. The molecule has 2 aromatic rings. The summed E-state index contributed by atoms with van der Waals surface area (Å²) in [5.74, 6) is -2.09. The number of aliphatic carboxylic acids is 1. The SMILES string of the molecule is O=C(O)C(F)(F)F.O=C(c1n[nH]c2c1CCC2)N1CC2(CC(Oc3ccccn3)CCO2)C1. The summed E-state index contributed by atoms with van der Waals surface area (Å²) in [6, 6.07) is 5.67. The number of nitrogens with zero attached hydrogens (tertiary/aromatic N) is 3. The van der Waals surface area contributed by atoms with Gasteiger partial charge in [-0.05, 0) is 25.3 Å². The van der Waals surface area contributed by atoms with E-state index in [1.165, 1.54) is 0 Å². The van der Waals surface area contributed by atoms with E-state index in [-0.39, 0.29) is 17.6 Å². The lowest BCUT2D eigenvalue weighted by Gasteiger charge is -2.52. The van der Waals surface area contributed by atoms with Gasteiger partial charge in [0, 0.05) is 36.4 Å². The normalized spacial score (nSPS) is 20.9. The number of alkyl halides is 3. The summed E-state index contributed by atoms with van der Waals surface area (Å²) in [4.78, 5) is 27.8. The number of aromatic nitrogens is 3. The number of ether oxygens (including phenoxy) is 2. The fourth-order valence-electron chi connectivity index (χ4n) is 4.33. The standard InChI is InChI=1S/C19H22N4O3.C2HF3O2/c24-18(17-14-4-3-5-15(14)21-22-17)23-11-19(12-23)10-13(7-9-25-19)26-16-6-1-2-8-20-16;3-2(4,5)1(6)7/h1-2,6,8,13H,3-5,7,9-12H2,(H,21,22);(H,6,7). The van der Waals surface area contributed by atoms with Crippen LogP contribution in [-0.2, 0) is 22.4 Å². The van der Waals surface area contributed by atoms with Crippen molar-refractivity contribution in [1.82, 2.24) is 20.1 Å². The zero-order valence-corrected chi connectivity index (χ0v) is 17.6. The van der Waals surface area contributed by atoms with Crippen LogP contribution < -0.4 is 4.74 Å². The first-order chi connectivity index (χ1) is 15.7. The minimum Gasteiger partial charge on any atom is -0.475 e. The molecule has 1 unspecified atom stereocenters. The van der Waals surface area contributed by atoms with Crippen molar-refractivity contribution in [3.8, 4) is 5.88 Å². The highest BCUT2D eigenvalue weighted by Crippen LogP contribution is 2.37. The number of carbonyl (C=O) groups excluding carboxylic acids is 1. The Balaban J connectivity index is 0.000000325. The number of aryl methyl sites for hydroxylation is 1. The Labute approximate surface area is 186 Å². The van der Waals surface area contributed by atoms with E-state index < -0.39 is 12.1 Å². The third-order valence-electron chi connectivity index (χ3n) is 5.87. The van der Waals surface area contributed by atoms with Gasteiger partial charge in [-0.3, -0.25) is 9.89 Å². The molecule has 0 aromatic carbocycles. The zero-order chi connectivity index (χ0) is 23.6. The van der Waals surface area contributed by atoms with Crippen LogP contribution in [0.15, 0.2) is 24.4 Å². The van der Waals surface area contributed by atoms with E-state index in [4.69, 9.17) is 19.4 Å². The number of carboxylic acids is 1. The minimum atomic E-state index is -5.08. The molecule has 5 rings (SSSR count). The number of nitrogens with one attached hydrogen (secondary N) is 1. The van der Waals surface area contributed by atoms with Crippen molar-refractivity contribution >= 4 is 11.9 Å². The van der Waals surface area contributed by atoms with Gasteiger partial charge in [-0.25, -0.2) is 9.78 Å². The number of hydrogen-bond donors (Lipinski definition) is 2. The van der Waals surface area contributed by atoms with E-state index >= 15 is 0 Å². The Kier molecular flexibility index (Phi) is 6.28. The summed E-state index contributed by atoms with van der Waals surface area (Å²) in [6.45, 7) is 1.86. The van der Waals surface area contributed by atoms with Gasteiger partial charge in [-0.2, -0.15) is 18.3 Å². The molecular formula is C21H23F3N4O5. The van der Waals surface area contributed by atoms with Gasteiger partial charge in [0.1, 0.15) is 11.7 Å². The van der Waals surface area contributed by atoms with E-state index in [0.717, 1.165) is 43.4 Å². The van der Waals surface area contributed by atoms with Crippen molar-refractivity contribution in [1.29, 1.82) is 0 Å². The molecule has 1 amide bonds. The maximum Gasteiger partial charge on any atom is 0.490 e. The lowest BCUT2D eigenvalue weighted by molar-refractivity contribution is -0.192. The fraction of sp³-hybridized carbons (Fsp3) is 0.524. The monoisotopic (exact) mass is 468 g/mol. The number of fused-ring (bicyclic) bond motifs is 1. The van der Waals surface area contributed by atoms with Crippen LogP contribution in [0.1, 0.15) is 41.0 Å². The van der Waals surface area contributed by atoms with Crippen molar-refractivity contribution in [2.24, 2.45) is 0 Å². The molecular weight excluding hydrogens is 445 g/mol. The molecule has 0 saturated carbocycles. The number of amides is 1. The molecule has 9 nitrogen and oxygen atoms in total. The van der Waals surface area contributed by atoms with Crippen molar-refractivity contribution in [3.63, 3.8) is 0 Å². The van der Waals surface area contributed by atoms with Crippen LogP contribution in [0.4, 0.5) is 13.2 Å². The number of halogens is 3. The highest BCUT2D eigenvalue weighted by atomic mass is 19.4. The Hall–Kier alpha value is -3.15. The molecule has 2 N–H and O–H groups in total. The number of hydrogen-bond acceptors (Lipinski definition) is 6. The topological polar surface area (TPSA) is 118 Å². The van der Waals surface area contributed by atoms with Crippen molar-refractivity contribution in [2.75, 3.05) is 19.7 Å². The maximum atomic E-state index is 12.8. The molecule has 2 aromatic heterocycles. The van der Waals surface area contributed by atoms with Crippen LogP contribution in [0.5, 0.6) is 5.88 Å². The predicted octanol–water partition coefficient (Wildman–Crippen LogP) is 2.38. The Bertz CT molecular complexity index is 1010. The molecule has 0 bridgehead atoms. The average molecular weight is 468 g/mol. The largest absolute Gasteiger partial charge is 0.490 e. The van der Waals surface area contributed by atoms with Crippen LogP contribution in [0.25, 0.3) is 0 Å². The van der Waals surface area contributed by atoms with Crippen molar-refractivity contribution < 1.29 is 37.3 Å². The summed E-state index contributed by atoms with van der Waals surface area (Å²) in [6.07, 6.45) is 1.40. The molecule has 178 valence electrons. The second-order valence-electron chi connectivity index (χ2n) is 8.28. The summed E-state index contributed by atoms with van der Waals surface area (Å²) in [7, 11) is 0. The Morgan fingerprint density at radius 3 is 2.70 bits per heavy atom. The van der Waals surface area contributed by atoms with Crippen molar-refractivity contribution in [2.45, 2.75) is 50.0 Å². The molecule has 12 heteroatoms. The molecule has 33 heavy (non-hydrogen) atoms. The second-order valence-corrected chi connectivity index (χ2v) is 8.28. The highest BCUT2D eigenvalue weighted by Gasteiger charge is 2.50. The summed E-state index contributed by atoms with van der Waals surface area (Å²) in [5.41, 5.74) is 2.55. The summed E-state index contributed by atoms with van der Waals surface area (Å²) >= 11 is 0. The van der Waals surface area contributed by atoms with Crippen LogP contribution in [-0.4, -0.2) is 74.6 Å². The minimum absolute atomic E-state index is 0.0198. The highest BCUT2D eigenvalue weighted by molar-refractivity contribution is 5.95. The molecule has 1 atom stereocenters. The van der Waals surface area contributed by atoms with E-state index in [2.05, 4.69) is 15.2 Å². The van der Waals surface area contributed by atoms with Gasteiger partial charge in [0.2, 0.25) is 5.88 Å². The summed E-state index contributed by atoms with van der Waals surface area (Å²) in [5, 5.41) is 14.4. The van der Waals surface area contributed by atoms with Gasteiger partial charge < -0.3 is 19.5 Å². The third kappa shape index (κ3) is 5.10. The van der Waals surface area contributed by atoms with Crippen LogP contribution in [0.3, 0.4) is 0 Å². The number of rotatable bonds is 3. The first-order valence-electron chi connectivity index (χ1n) is 10.5. The van der Waals surface area contributed by atoms with Crippen molar-refractivity contribution in [3.05, 3.63) is 41.3 Å². The van der Waals surface area contributed by atoms with Gasteiger partial charge >= 0.3 is 12.1 Å².